The Morgan fingerprint density at radius 3 is 3.10 bits per heavy atom. The summed E-state index contributed by atoms with van der Waals surface area (Å²) < 4.78 is 15.6. The summed E-state index contributed by atoms with van der Waals surface area (Å²) in [6, 6.07) is 0. The van der Waals surface area contributed by atoms with Crippen LogP contribution < -0.4 is 8.85 Å². The zero-order valence-electron chi connectivity index (χ0n) is 5.56. The maximum Gasteiger partial charge on any atom is 0.191 e. The molecule has 0 aliphatic carbocycles. The molecule has 0 aromatic rings. The van der Waals surface area contributed by atoms with E-state index in [2.05, 4.69) is 13.8 Å². The van der Waals surface area contributed by atoms with Crippen molar-refractivity contribution in [2.24, 2.45) is 10.9 Å². The quantitative estimate of drug-likeness (QED) is 0.539. The number of halogens is 2. The first-order chi connectivity index (χ1) is 4.75. The van der Waals surface area contributed by atoms with Crippen LogP contribution in [0.2, 0.25) is 0 Å². The van der Waals surface area contributed by atoms with Gasteiger partial charge in [-0.25, -0.2) is 8.52 Å². The van der Waals surface area contributed by atoms with E-state index in [0.29, 0.717) is 6.67 Å². The molecule has 0 amide bonds. The molecule has 0 fully saturated rings. The predicted octanol–water partition coefficient (Wildman–Crippen LogP) is 0.817. The molecule has 10 heavy (non-hydrogen) atoms. The molecule has 5 heteroatoms. The van der Waals surface area contributed by atoms with Crippen LogP contribution in [0.15, 0.2) is 4.99 Å². The largest absolute Gasteiger partial charge is 0.282 e. The van der Waals surface area contributed by atoms with Gasteiger partial charge in [0.25, 0.3) is 0 Å². The Balaban J connectivity index is 2.59. The monoisotopic (exact) mass is 257 g/mol. The summed E-state index contributed by atoms with van der Waals surface area (Å²) in [4.78, 5) is 3.60. The third kappa shape index (κ3) is 1.64. The van der Waals surface area contributed by atoms with E-state index in [1.165, 1.54) is 0 Å². The van der Waals surface area contributed by atoms with Crippen molar-refractivity contribution in [3.63, 3.8) is 0 Å². The third-order valence-corrected chi connectivity index (χ3v) is 2.21. The van der Waals surface area contributed by atoms with Crippen molar-refractivity contribution in [3.8, 4) is 0 Å². The highest BCUT2D eigenvalue weighted by atomic mass is 127. The van der Waals surface area contributed by atoms with Crippen molar-refractivity contribution in [1.29, 1.82) is 0 Å². The van der Waals surface area contributed by atoms with Crippen LogP contribution in [0, 0.1) is 5.92 Å². The first-order valence-corrected chi connectivity index (χ1v) is 4.13. The van der Waals surface area contributed by atoms with Gasteiger partial charge in [0.05, 0.1) is 18.8 Å². The van der Waals surface area contributed by atoms with E-state index < -0.39 is 0 Å². The first kappa shape index (κ1) is 8.35. The lowest BCUT2D eigenvalue weighted by Crippen LogP contribution is -2.48. The van der Waals surface area contributed by atoms with Crippen molar-refractivity contribution in [2.75, 3.05) is 6.67 Å². The highest BCUT2D eigenvalue weighted by Crippen LogP contribution is 2.09. The van der Waals surface area contributed by atoms with Crippen molar-refractivity contribution in [3.05, 3.63) is 0 Å². The van der Waals surface area contributed by atoms with Gasteiger partial charge in [-0.2, -0.15) is 4.39 Å². The zero-order valence-corrected chi connectivity index (χ0v) is 7.72. The van der Waals surface area contributed by atoms with Gasteiger partial charge >= 0.3 is 0 Å². The van der Waals surface area contributed by atoms with Gasteiger partial charge < -0.3 is 0 Å². The molecule has 0 radical (unpaired) electrons. The molecule has 0 aromatic heterocycles. The fourth-order valence-corrected chi connectivity index (χ4v) is 1.57. The summed E-state index contributed by atoms with van der Waals surface area (Å²) in [5.41, 5.74) is 0. The molecule has 1 aliphatic rings. The van der Waals surface area contributed by atoms with E-state index >= 15 is 0 Å². The predicted molar refractivity (Wildman–Crippen MR) is 46.7 cm³/mol. The summed E-state index contributed by atoms with van der Waals surface area (Å²) in [6.45, 7) is 2.16. The van der Waals surface area contributed by atoms with Crippen molar-refractivity contribution in [1.82, 2.24) is 8.85 Å². The van der Waals surface area contributed by atoms with Crippen molar-refractivity contribution >= 4 is 28.8 Å². The summed E-state index contributed by atoms with van der Waals surface area (Å²) in [7, 11) is 0. The van der Waals surface area contributed by atoms with Crippen LogP contribution in [0.3, 0.4) is 0 Å². The molecule has 0 spiro atoms. The van der Waals surface area contributed by atoms with Crippen LogP contribution in [0.25, 0.3) is 0 Å². The molecule has 3 nitrogen and oxygen atoms in total. The smallest absolute Gasteiger partial charge is 0.191 e. The average molecular weight is 257 g/mol. The number of nitrogens with one attached hydrogen (secondary N) is 2. The van der Waals surface area contributed by atoms with Gasteiger partial charge in [0.1, 0.15) is 0 Å². The maximum atomic E-state index is 12.7. The van der Waals surface area contributed by atoms with E-state index in [-0.39, 0.29) is 18.0 Å². The summed E-state index contributed by atoms with van der Waals surface area (Å²) in [5.74, 6) is -0.432. The first-order valence-electron chi connectivity index (χ1n) is 3.05. The van der Waals surface area contributed by atoms with Crippen LogP contribution in [0.1, 0.15) is 6.92 Å². The number of nitrogens with zero attached hydrogens (tertiary/aromatic N) is 1. The Hall–Kier alpha value is 0.250. The van der Waals surface area contributed by atoms with Gasteiger partial charge in [-0.15, -0.1) is 0 Å². The Labute approximate surface area is 73.0 Å². The Morgan fingerprint density at radius 2 is 2.60 bits per heavy atom. The second-order valence-electron chi connectivity index (χ2n) is 2.22. The second-order valence-corrected chi connectivity index (χ2v) is 2.84. The maximum absolute atomic E-state index is 12.7. The number of rotatable bonds is 1. The third-order valence-electron chi connectivity index (χ3n) is 1.53. The summed E-state index contributed by atoms with van der Waals surface area (Å²) >= 11 is 2.00. The topological polar surface area (TPSA) is 36.4 Å². The minimum absolute atomic E-state index is 0.0121. The molecule has 0 saturated heterocycles. The van der Waals surface area contributed by atoms with Crippen LogP contribution >= 0.6 is 22.9 Å². The lowest BCUT2D eigenvalue weighted by atomic mass is 10.1. The Bertz CT molecular complexity index is 150. The van der Waals surface area contributed by atoms with Crippen LogP contribution in [-0.4, -0.2) is 18.8 Å². The van der Waals surface area contributed by atoms with E-state index in [1.54, 1.807) is 6.92 Å². The van der Waals surface area contributed by atoms with Gasteiger partial charge in [0.2, 0.25) is 0 Å². The Morgan fingerprint density at radius 1 is 1.90 bits per heavy atom. The minimum Gasteiger partial charge on any atom is -0.282 e. The lowest BCUT2D eigenvalue weighted by molar-refractivity contribution is 0.403. The van der Waals surface area contributed by atoms with Gasteiger partial charge in [0, 0.05) is 22.9 Å². The molecule has 1 heterocycles. The van der Waals surface area contributed by atoms with Gasteiger partial charge in [-0.3, -0.25) is 5.32 Å². The minimum atomic E-state index is -0.270. The molecule has 2 N–H and O–H groups in total. The molecular formula is C5H9FIN3. The van der Waals surface area contributed by atoms with Crippen LogP contribution in [0.4, 0.5) is 4.39 Å². The van der Waals surface area contributed by atoms with Gasteiger partial charge in [-0.1, -0.05) is 6.92 Å². The molecule has 0 saturated carbocycles. The molecule has 0 bridgehead atoms. The molecule has 0 aromatic carbocycles. The van der Waals surface area contributed by atoms with Crippen LogP contribution in [0.5, 0.6) is 0 Å². The fourth-order valence-electron chi connectivity index (χ4n) is 0.811. The molecule has 1 aliphatic heterocycles. The van der Waals surface area contributed by atoms with Gasteiger partial charge in [0.15, 0.2) is 5.97 Å². The van der Waals surface area contributed by atoms with Gasteiger partial charge in [-0.05, 0) is 0 Å². The normalized spacial score (nSPS) is 33.7. The van der Waals surface area contributed by atoms with Crippen molar-refractivity contribution in [2.45, 2.75) is 13.1 Å². The SMILES string of the molecule is C[C@H]1C(F)=NCNC1NI. The molecule has 1 unspecified atom stereocenters. The fraction of sp³-hybridized carbons (Fsp3) is 0.800. The molecule has 58 valence electrons. The number of hydrogen-bond acceptors (Lipinski definition) is 3. The molecule has 2 atom stereocenters. The second kappa shape index (κ2) is 3.59. The summed E-state index contributed by atoms with van der Waals surface area (Å²) in [6.07, 6.45) is 0.0121. The van der Waals surface area contributed by atoms with E-state index in [4.69, 9.17) is 0 Å². The highest BCUT2D eigenvalue weighted by Gasteiger charge is 2.23. The number of aliphatic imine (C=N–C) groups is 1. The highest BCUT2D eigenvalue weighted by molar-refractivity contribution is 14.1. The lowest BCUT2D eigenvalue weighted by Gasteiger charge is -2.24. The Kier molecular flexibility index (Phi) is 2.99. The van der Waals surface area contributed by atoms with Crippen LogP contribution in [-0.2, 0) is 0 Å². The number of hydrogen-bond donors (Lipinski definition) is 2. The van der Waals surface area contributed by atoms with E-state index in [9.17, 15) is 4.39 Å². The molecular weight excluding hydrogens is 248 g/mol. The summed E-state index contributed by atoms with van der Waals surface area (Å²) in [5, 5.41) is 3.00. The van der Waals surface area contributed by atoms with E-state index in [1.807, 2.05) is 22.9 Å². The standard InChI is InChI=1S/C5H9FIN3/c1-3-4(6)8-2-9-5(3)10-7/h3,5,9-10H,2H2,1H3/t3-,5?/m0/s1. The van der Waals surface area contributed by atoms with E-state index in [0.717, 1.165) is 0 Å². The van der Waals surface area contributed by atoms with Crippen molar-refractivity contribution < 1.29 is 4.39 Å². The average Bonchev–Trinajstić information content (AvgIpc) is 1.95. The zero-order chi connectivity index (χ0) is 7.56. The molecule has 1 rings (SSSR count).